The largest absolute Gasteiger partial charge is 0.337 e. The first-order valence-electron chi connectivity index (χ1n) is 8.21. The molecule has 0 bridgehead atoms. The SMILES string of the molecule is Cc1cccc2nc(C(=O)N3CCC(C)(c4nccs4)CC3)cn12. The zero-order chi connectivity index (χ0) is 16.7. The van der Waals surface area contributed by atoms with Crippen LogP contribution in [0.25, 0.3) is 5.65 Å². The van der Waals surface area contributed by atoms with Gasteiger partial charge >= 0.3 is 0 Å². The predicted octanol–water partition coefficient (Wildman–Crippen LogP) is 3.29. The van der Waals surface area contributed by atoms with E-state index in [1.807, 2.05) is 52.2 Å². The van der Waals surface area contributed by atoms with Gasteiger partial charge in [-0.05, 0) is 31.9 Å². The van der Waals surface area contributed by atoms with Gasteiger partial charge in [0, 0.05) is 42.0 Å². The van der Waals surface area contributed by atoms with Crippen LogP contribution in [0.3, 0.4) is 0 Å². The van der Waals surface area contributed by atoms with Crippen LogP contribution in [0.1, 0.15) is 41.0 Å². The molecule has 0 atom stereocenters. The molecule has 4 rings (SSSR count). The van der Waals surface area contributed by atoms with Crippen molar-refractivity contribution in [3.05, 3.63) is 52.4 Å². The van der Waals surface area contributed by atoms with E-state index < -0.39 is 0 Å². The molecule has 0 radical (unpaired) electrons. The quantitative estimate of drug-likeness (QED) is 0.719. The number of likely N-dealkylation sites (tertiary alicyclic amines) is 1. The number of fused-ring (bicyclic) bond motifs is 1. The minimum absolute atomic E-state index is 0.0271. The van der Waals surface area contributed by atoms with Gasteiger partial charge < -0.3 is 9.30 Å². The normalized spacial score (nSPS) is 17.3. The fourth-order valence-electron chi connectivity index (χ4n) is 3.35. The molecule has 3 aromatic heterocycles. The lowest BCUT2D eigenvalue weighted by molar-refractivity contribution is 0.0670. The first-order valence-corrected chi connectivity index (χ1v) is 9.09. The molecular weight excluding hydrogens is 320 g/mol. The third kappa shape index (κ3) is 2.51. The molecule has 0 aromatic carbocycles. The molecule has 1 fully saturated rings. The van der Waals surface area contributed by atoms with E-state index in [2.05, 4.69) is 16.9 Å². The molecule has 124 valence electrons. The molecule has 0 spiro atoms. The first-order chi connectivity index (χ1) is 11.6. The predicted molar refractivity (Wildman–Crippen MR) is 94.5 cm³/mol. The third-order valence-electron chi connectivity index (χ3n) is 5.02. The average Bonchev–Trinajstić information content (AvgIpc) is 3.25. The smallest absolute Gasteiger partial charge is 0.274 e. The minimum Gasteiger partial charge on any atom is -0.337 e. The Labute approximate surface area is 145 Å². The molecule has 0 aliphatic carbocycles. The molecule has 5 nitrogen and oxygen atoms in total. The number of aryl methyl sites for hydroxylation is 1. The second kappa shape index (κ2) is 5.70. The Balaban J connectivity index is 1.52. The molecule has 3 aromatic rings. The Kier molecular flexibility index (Phi) is 3.64. The summed E-state index contributed by atoms with van der Waals surface area (Å²) in [6.07, 6.45) is 5.60. The van der Waals surface area contributed by atoms with Gasteiger partial charge in [0.25, 0.3) is 5.91 Å². The van der Waals surface area contributed by atoms with Crippen LogP contribution in [0.5, 0.6) is 0 Å². The zero-order valence-corrected chi connectivity index (χ0v) is 14.7. The Morgan fingerprint density at radius 1 is 1.29 bits per heavy atom. The summed E-state index contributed by atoms with van der Waals surface area (Å²) in [6.45, 7) is 5.77. The Morgan fingerprint density at radius 3 is 2.75 bits per heavy atom. The number of carbonyl (C=O) groups excluding carboxylic acids is 1. The van der Waals surface area contributed by atoms with Gasteiger partial charge in [0.2, 0.25) is 0 Å². The number of piperidine rings is 1. The van der Waals surface area contributed by atoms with Crippen LogP contribution < -0.4 is 0 Å². The van der Waals surface area contributed by atoms with Crippen LogP contribution in [-0.4, -0.2) is 38.3 Å². The van der Waals surface area contributed by atoms with Crippen molar-refractivity contribution in [2.75, 3.05) is 13.1 Å². The second-order valence-corrected chi connectivity index (χ2v) is 7.61. The van der Waals surface area contributed by atoms with Gasteiger partial charge in [-0.3, -0.25) is 4.79 Å². The molecule has 4 heterocycles. The minimum atomic E-state index is 0.0271. The van der Waals surface area contributed by atoms with Crippen molar-refractivity contribution in [2.24, 2.45) is 0 Å². The van der Waals surface area contributed by atoms with Gasteiger partial charge in [0.05, 0.1) is 5.01 Å². The van der Waals surface area contributed by atoms with Crippen molar-refractivity contribution in [1.82, 2.24) is 19.3 Å². The second-order valence-electron chi connectivity index (χ2n) is 6.71. The summed E-state index contributed by atoms with van der Waals surface area (Å²) >= 11 is 1.71. The van der Waals surface area contributed by atoms with Crippen molar-refractivity contribution in [3.63, 3.8) is 0 Å². The fraction of sp³-hybridized carbons (Fsp3) is 0.389. The van der Waals surface area contributed by atoms with Crippen LogP contribution >= 0.6 is 11.3 Å². The molecule has 6 heteroatoms. The highest BCUT2D eigenvalue weighted by atomic mass is 32.1. The number of rotatable bonds is 2. The maximum absolute atomic E-state index is 12.8. The summed E-state index contributed by atoms with van der Waals surface area (Å²) in [5.74, 6) is 0.0271. The highest BCUT2D eigenvalue weighted by Crippen LogP contribution is 2.36. The van der Waals surface area contributed by atoms with E-state index in [4.69, 9.17) is 0 Å². The van der Waals surface area contributed by atoms with Gasteiger partial charge in [-0.2, -0.15) is 0 Å². The van der Waals surface area contributed by atoms with Crippen molar-refractivity contribution in [2.45, 2.75) is 32.1 Å². The van der Waals surface area contributed by atoms with Crippen molar-refractivity contribution in [3.8, 4) is 0 Å². The van der Waals surface area contributed by atoms with E-state index in [0.29, 0.717) is 5.69 Å². The summed E-state index contributed by atoms with van der Waals surface area (Å²) in [6, 6.07) is 5.91. The molecule has 1 aliphatic heterocycles. The van der Waals surface area contributed by atoms with Crippen LogP contribution in [-0.2, 0) is 5.41 Å². The molecule has 24 heavy (non-hydrogen) atoms. The molecule has 0 saturated carbocycles. The van der Waals surface area contributed by atoms with Crippen molar-refractivity contribution < 1.29 is 4.79 Å². The standard InChI is InChI=1S/C18H20N4OS/c1-13-4-3-5-15-20-14(12-22(13)15)16(23)21-9-6-18(2,7-10-21)17-19-8-11-24-17/h3-5,8,11-12H,6-7,9-10H2,1-2H3. The van der Waals surface area contributed by atoms with Gasteiger partial charge in [0.15, 0.2) is 0 Å². The van der Waals surface area contributed by atoms with Crippen LogP contribution in [0.2, 0.25) is 0 Å². The van der Waals surface area contributed by atoms with Gasteiger partial charge in [-0.15, -0.1) is 11.3 Å². The van der Waals surface area contributed by atoms with E-state index in [-0.39, 0.29) is 11.3 Å². The number of pyridine rings is 1. The van der Waals surface area contributed by atoms with Gasteiger partial charge in [-0.1, -0.05) is 13.0 Å². The number of hydrogen-bond acceptors (Lipinski definition) is 4. The summed E-state index contributed by atoms with van der Waals surface area (Å²) in [5, 5.41) is 3.20. The topological polar surface area (TPSA) is 50.5 Å². The van der Waals surface area contributed by atoms with E-state index >= 15 is 0 Å². The molecular formula is C18H20N4OS. The number of aromatic nitrogens is 3. The Hall–Kier alpha value is -2.21. The average molecular weight is 340 g/mol. The molecule has 1 saturated heterocycles. The number of amides is 1. The summed E-state index contributed by atoms with van der Waals surface area (Å²) in [7, 11) is 0. The van der Waals surface area contributed by atoms with Gasteiger partial charge in [0.1, 0.15) is 11.3 Å². The summed E-state index contributed by atoms with van der Waals surface area (Å²) < 4.78 is 1.97. The van der Waals surface area contributed by atoms with Crippen molar-refractivity contribution >= 4 is 22.9 Å². The number of nitrogens with zero attached hydrogens (tertiary/aromatic N) is 4. The number of hydrogen-bond donors (Lipinski definition) is 0. The Morgan fingerprint density at radius 2 is 2.08 bits per heavy atom. The van der Waals surface area contributed by atoms with E-state index in [1.54, 1.807) is 11.3 Å². The molecule has 0 N–H and O–H groups in total. The molecule has 0 unspecified atom stereocenters. The monoisotopic (exact) mass is 340 g/mol. The number of thiazole rings is 1. The van der Waals surface area contributed by atoms with E-state index in [9.17, 15) is 4.79 Å². The summed E-state index contributed by atoms with van der Waals surface area (Å²) in [5.41, 5.74) is 2.51. The molecule has 1 amide bonds. The van der Waals surface area contributed by atoms with Crippen LogP contribution in [0.4, 0.5) is 0 Å². The lowest BCUT2D eigenvalue weighted by Gasteiger charge is -2.37. The van der Waals surface area contributed by atoms with Crippen LogP contribution in [0.15, 0.2) is 36.0 Å². The third-order valence-corrected chi connectivity index (χ3v) is 6.10. The highest BCUT2D eigenvalue weighted by molar-refractivity contribution is 7.09. The Bertz CT molecular complexity index is 876. The lowest BCUT2D eigenvalue weighted by Crippen LogP contribution is -2.44. The van der Waals surface area contributed by atoms with Crippen LogP contribution in [0, 0.1) is 6.92 Å². The lowest BCUT2D eigenvalue weighted by atomic mass is 9.81. The van der Waals surface area contributed by atoms with Gasteiger partial charge in [-0.25, -0.2) is 9.97 Å². The maximum atomic E-state index is 12.8. The zero-order valence-electron chi connectivity index (χ0n) is 13.9. The fourth-order valence-corrected chi connectivity index (χ4v) is 4.21. The summed E-state index contributed by atoms with van der Waals surface area (Å²) in [4.78, 5) is 23.7. The number of imidazole rings is 1. The van der Waals surface area contributed by atoms with Crippen molar-refractivity contribution in [1.29, 1.82) is 0 Å². The van der Waals surface area contributed by atoms with E-state index in [1.165, 1.54) is 5.01 Å². The first kappa shape index (κ1) is 15.3. The maximum Gasteiger partial charge on any atom is 0.274 e. The van der Waals surface area contributed by atoms with E-state index in [0.717, 1.165) is 37.3 Å². The highest BCUT2D eigenvalue weighted by Gasteiger charge is 2.35. The molecule has 1 aliphatic rings. The number of carbonyl (C=O) groups is 1.